The highest BCUT2D eigenvalue weighted by molar-refractivity contribution is 7.45. The molecule has 1 N–H and O–H groups in total. The van der Waals surface area contributed by atoms with Crippen LogP contribution in [0.15, 0.2) is 0 Å². The van der Waals surface area contributed by atoms with E-state index in [0.717, 1.165) is 12.8 Å². The van der Waals surface area contributed by atoms with Gasteiger partial charge in [-0.2, -0.15) is 0 Å². The summed E-state index contributed by atoms with van der Waals surface area (Å²) in [7, 11) is 1.45. The summed E-state index contributed by atoms with van der Waals surface area (Å²) in [5, 5.41) is 2.81. The molecule has 0 spiro atoms. The van der Waals surface area contributed by atoms with E-state index in [0.29, 0.717) is 24.1 Å². The van der Waals surface area contributed by atoms with E-state index >= 15 is 0 Å². The molecule has 0 fully saturated rings. The van der Waals surface area contributed by atoms with Gasteiger partial charge in [0.1, 0.15) is 13.2 Å². The van der Waals surface area contributed by atoms with Gasteiger partial charge in [0, 0.05) is 19.6 Å². The van der Waals surface area contributed by atoms with Crippen molar-refractivity contribution in [2.24, 2.45) is 0 Å². The molecule has 0 aliphatic carbocycles. The molecule has 1 amide bonds. The molecule has 8 nitrogen and oxygen atoms in total. The van der Waals surface area contributed by atoms with Gasteiger partial charge in [-0.05, 0) is 13.3 Å². The number of likely N-dealkylation sites (N-methyl/N-ethyl adjacent to an activating group) is 1. The highest BCUT2D eigenvalue weighted by atomic mass is 31.2. The SMILES string of the molecule is CCCCCCCCCCCC(=O)NCC(COP(=O)([O-])OCC[N+](C)(C)C)OCC. The standard InChI is InChI=1S/C22H47N2O6P/c1-6-8-9-10-11-12-13-14-15-16-22(25)23-19-21(28-7-2)20-30-31(26,27)29-18-17-24(3,4)5/h21H,6-20H2,1-5H3,(H-,23,25,26,27). The molecule has 0 aromatic carbocycles. The third-order valence-electron chi connectivity index (χ3n) is 4.87. The normalized spacial score (nSPS) is 14.9. The van der Waals surface area contributed by atoms with E-state index in [2.05, 4.69) is 12.2 Å². The molecule has 31 heavy (non-hydrogen) atoms. The van der Waals surface area contributed by atoms with Crippen molar-refractivity contribution in [1.82, 2.24) is 5.32 Å². The van der Waals surface area contributed by atoms with Crippen LogP contribution >= 0.6 is 7.82 Å². The van der Waals surface area contributed by atoms with Gasteiger partial charge in [-0.1, -0.05) is 58.3 Å². The summed E-state index contributed by atoms with van der Waals surface area (Å²) in [6.45, 7) is 5.05. The van der Waals surface area contributed by atoms with E-state index in [1.807, 2.05) is 28.1 Å². The Balaban J connectivity index is 3.97. The summed E-state index contributed by atoms with van der Waals surface area (Å²) in [6, 6.07) is 0. The molecule has 9 heteroatoms. The smallest absolute Gasteiger partial charge is 0.268 e. The number of ether oxygens (including phenoxy) is 1. The van der Waals surface area contributed by atoms with Crippen molar-refractivity contribution in [3.05, 3.63) is 0 Å². The second-order valence-electron chi connectivity index (χ2n) is 9.05. The van der Waals surface area contributed by atoms with Crippen LogP contribution < -0.4 is 10.2 Å². The van der Waals surface area contributed by atoms with E-state index < -0.39 is 13.9 Å². The van der Waals surface area contributed by atoms with E-state index in [1.54, 1.807) is 0 Å². The van der Waals surface area contributed by atoms with Crippen molar-refractivity contribution in [2.45, 2.75) is 84.2 Å². The third-order valence-corrected chi connectivity index (χ3v) is 5.83. The minimum Gasteiger partial charge on any atom is -0.756 e. The van der Waals surface area contributed by atoms with Crippen molar-refractivity contribution in [1.29, 1.82) is 0 Å². The number of quaternary nitrogens is 1. The van der Waals surface area contributed by atoms with Crippen molar-refractivity contribution in [3.63, 3.8) is 0 Å². The molecule has 2 atom stereocenters. The van der Waals surface area contributed by atoms with Crippen LogP contribution in [0.4, 0.5) is 0 Å². The fourth-order valence-electron chi connectivity index (χ4n) is 2.95. The maximum absolute atomic E-state index is 12.0. The molecule has 0 radical (unpaired) electrons. The number of carbonyl (C=O) groups excluding carboxylic acids is 1. The fourth-order valence-corrected chi connectivity index (χ4v) is 3.68. The van der Waals surface area contributed by atoms with Crippen molar-refractivity contribution >= 4 is 13.7 Å². The summed E-state index contributed by atoms with van der Waals surface area (Å²) in [4.78, 5) is 23.9. The van der Waals surface area contributed by atoms with Crippen LogP contribution in [0.5, 0.6) is 0 Å². The third kappa shape index (κ3) is 21.1. The topological polar surface area (TPSA) is 96.9 Å². The molecule has 0 aliphatic heterocycles. The van der Waals surface area contributed by atoms with Crippen LogP contribution in [0.3, 0.4) is 0 Å². The van der Waals surface area contributed by atoms with Crippen LogP contribution in [0.25, 0.3) is 0 Å². The molecule has 186 valence electrons. The number of rotatable bonds is 21. The van der Waals surface area contributed by atoms with Gasteiger partial charge in [-0.25, -0.2) is 0 Å². The zero-order valence-electron chi connectivity index (χ0n) is 20.5. The molecule has 0 heterocycles. The number of carbonyl (C=O) groups is 1. The fraction of sp³-hybridized carbons (Fsp3) is 0.955. The number of unbranched alkanes of at least 4 members (excludes halogenated alkanes) is 8. The lowest BCUT2D eigenvalue weighted by Gasteiger charge is -2.28. The number of nitrogens with zero attached hydrogens (tertiary/aromatic N) is 1. The minimum absolute atomic E-state index is 0.0443. The van der Waals surface area contributed by atoms with E-state index in [4.69, 9.17) is 13.8 Å². The maximum atomic E-state index is 12.0. The van der Waals surface area contributed by atoms with Crippen LogP contribution in [-0.4, -0.2) is 70.5 Å². The Bertz CT molecular complexity index is 499. The van der Waals surface area contributed by atoms with Gasteiger partial charge in [-0.15, -0.1) is 0 Å². The number of hydrogen-bond acceptors (Lipinski definition) is 6. The number of nitrogens with one attached hydrogen (secondary N) is 1. The van der Waals surface area contributed by atoms with Crippen LogP contribution in [0.1, 0.15) is 78.1 Å². The first-order chi connectivity index (χ1) is 14.6. The highest BCUT2D eigenvalue weighted by Crippen LogP contribution is 2.38. The monoisotopic (exact) mass is 466 g/mol. The molecule has 0 rings (SSSR count). The Morgan fingerprint density at radius 3 is 2.10 bits per heavy atom. The van der Waals surface area contributed by atoms with Gasteiger partial charge in [0.25, 0.3) is 7.82 Å². The van der Waals surface area contributed by atoms with Gasteiger partial charge >= 0.3 is 0 Å². The summed E-state index contributed by atoms with van der Waals surface area (Å²) in [5.41, 5.74) is 0. The van der Waals surface area contributed by atoms with Crippen molar-refractivity contribution < 1.29 is 32.5 Å². The van der Waals surface area contributed by atoms with Crippen LogP contribution in [0, 0.1) is 0 Å². The largest absolute Gasteiger partial charge is 0.756 e. The Morgan fingerprint density at radius 2 is 1.55 bits per heavy atom. The molecule has 0 aromatic heterocycles. The molecular formula is C22H47N2O6P. The number of amides is 1. The first-order valence-electron chi connectivity index (χ1n) is 11.9. The predicted octanol–water partition coefficient (Wildman–Crippen LogP) is 3.64. The Kier molecular flexibility index (Phi) is 17.7. The van der Waals surface area contributed by atoms with E-state index in [1.165, 1.54) is 44.9 Å². The quantitative estimate of drug-likeness (QED) is 0.158. The van der Waals surface area contributed by atoms with E-state index in [-0.39, 0.29) is 25.7 Å². The molecule has 0 aliphatic rings. The maximum Gasteiger partial charge on any atom is 0.268 e. The molecule has 0 saturated carbocycles. The average Bonchev–Trinajstić information content (AvgIpc) is 2.67. The van der Waals surface area contributed by atoms with Gasteiger partial charge in [0.15, 0.2) is 0 Å². The second kappa shape index (κ2) is 18.0. The van der Waals surface area contributed by atoms with Crippen molar-refractivity contribution in [3.8, 4) is 0 Å². The van der Waals surface area contributed by atoms with Crippen LogP contribution in [0.2, 0.25) is 0 Å². The van der Waals surface area contributed by atoms with E-state index in [9.17, 15) is 14.3 Å². The number of phosphoric ester groups is 1. The second-order valence-corrected chi connectivity index (χ2v) is 10.5. The van der Waals surface area contributed by atoms with Crippen LogP contribution in [-0.2, 0) is 23.1 Å². The van der Waals surface area contributed by atoms with Gasteiger partial charge in [0.05, 0.1) is 33.9 Å². The summed E-state index contributed by atoms with van der Waals surface area (Å²) >= 11 is 0. The Labute approximate surface area is 190 Å². The van der Waals surface area contributed by atoms with Gasteiger partial charge in [-0.3, -0.25) is 9.36 Å². The predicted molar refractivity (Wildman–Crippen MR) is 123 cm³/mol. The molecule has 0 bridgehead atoms. The summed E-state index contributed by atoms with van der Waals surface area (Å²) in [5.74, 6) is -0.0443. The lowest BCUT2D eigenvalue weighted by atomic mass is 10.1. The minimum atomic E-state index is -4.39. The van der Waals surface area contributed by atoms with Gasteiger partial charge in [0.2, 0.25) is 5.91 Å². The zero-order chi connectivity index (χ0) is 23.6. The average molecular weight is 467 g/mol. The first-order valence-corrected chi connectivity index (χ1v) is 13.3. The number of phosphoric acid groups is 1. The lowest BCUT2D eigenvalue weighted by molar-refractivity contribution is -0.870. The van der Waals surface area contributed by atoms with Gasteiger partial charge < -0.3 is 28.5 Å². The summed E-state index contributed by atoms with van der Waals surface area (Å²) in [6.07, 6.45) is 10.8. The molecular weight excluding hydrogens is 419 g/mol. The summed E-state index contributed by atoms with van der Waals surface area (Å²) < 4.78 is 27.8. The lowest BCUT2D eigenvalue weighted by Crippen LogP contribution is -2.38. The first kappa shape index (κ1) is 30.5. The Hall–Kier alpha value is -0.500. The number of hydrogen-bond donors (Lipinski definition) is 1. The van der Waals surface area contributed by atoms with Crippen molar-refractivity contribution in [2.75, 3.05) is 54.1 Å². The highest BCUT2D eigenvalue weighted by Gasteiger charge is 2.17. The molecule has 2 unspecified atom stereocenters. The molecule has 0 saturated heterocycles. The molecule has 0 aromatic rings. The Morgan fingerprint density at radius 1 is 0.968 bits per heavy atom. The zero-order valence-corrected chi connectivity index (χ0v) is 21.4.